The molecule has 1 aromatic heterocycles. The zero-order chi connectivity index (χ0) is 14.8. The van der Waals surface area contributed by atoms with Gasteiger partial charge in [0.1, 0.15) is 5.82 Å². The summed E-state index contributed by atoms with van der Waals surface area (Å²) >= 11 is 0. The van der Waals surface area contributed by atoms with Gasteiger partial charge in [-0.2, -0.15) is 0 Å². The van der Waals surface area contributed by atoms with Crippen LogP contribution in [0.5, 0.6) is 0 Å². The van der Waals surface area contributed by atoms with Gasteiger partial charge in [0.25, 0.3) is 0 Å². The molecule has 112 valence electrons. The molecular weight excluding hydrogens is 258 g/mol. The summed E-state index contributed by atoms with van der Waals surface area (Å²) in [6.45, 7) is 4.44. The van der Waals surface area contributed by atoms with Gasteiger partial charge in [-0.15, -0.1) is 0 Å². The van der Waals surface area contributed by atoms with Crippen LogP contribution < -0.4 is 5.73 Å². The van der Waals surface area contributed by atoms with Crippen LogP contribution in [0.25, 0.3) is 11.3 Å². The second-order valence-electron chi connectivity index (χ2n) is 6.53. The van der Waals surface area contributed by atoms with E-state index in [0.717, 1.165) is 24.4 Å². The van der Waals surface area contributed by atoms with Gasteiger partial charge >= 0.3 is 0 Å². The highest BCUT2D eigenvalue weighted by atomic mass is 15.0. The number of aromatic amines is 1. The van der Waals surface area contributed by atoms with Crippen molar-refractivity contribution < 1.29 is 0 Å². The Bertz CT molecular complexity index is 586. The standard InChI is InChI=1S/C18H25N3/c1-12(2)16-17(13-7-4-3-5-8-13)21-18(20-16)14-9-6-10-15(19)11-14/h3-5,7-8,12,14-15H,6,9-11,19H2,1-2H3,(H,20,21). The Morgan fingerprint density at radius 2 is 1.95 bits per heavy atom. The molecule has 3 N–H and O–H groups in total. The van der Waals surface area contributed by atoms with Crippen molar-refractivity contribution in [3.63, 3.8) is 0 Å². The zero-order valence-corrected chi connectivity index (χ0v) is 13.0. The maximum Gasteiger partial charge on any atom is 0.110 e. The highest BCUT2D eigenvalue weighted by Gasteiger charge is 2.25. The topological polar surface area (TPSA) is 54.7 Å². The van der Waals surface area contributed by atoms with E-state index in [2.05, 4.69) is 43.1 Å². The minimum Gasteiger partial charge on any atom is -0.345 e. The van der Waals surface area contributed by atoms with E-state index in [-0.39, 0.29) is 0 Å². The van der Waals surface area contributed by atoms with E-state index in [0.29, 0.717) is 17.9 Å². The van der Waals surface area contributed by atoms with Crippen molar-refractivity contribution in [3.8, 4) is 11.3 Å². The second kappa shape index (κ2) is 6.02. The molecule has 1 aliphatic carbocycles. The SMILES string of the molecule is CC(C)c1[nH]c(C2CCCC(N)C2)nc1-c1ccccc1. The summed E-state index contributed by atoms with van der Waals surface area (Å²) in [5.41, 5.74) is 9.69. The van der Waals surface area contributed by atoms with Crippen LogP contribution in [0.2, 0.25) is 0 Å². The zero-order valence-electron chi connectivity index (χ0n) is 13.0. The number of nitrogens with one attached hydrogen (secondary N) is 1. The molecule has 1 aromatic carbocycles. The minimum atomic E-state index is 0.330. The van der Waals surface area contributed by atoms with E-state index in [4.69, 9.17) is 10.7 Å². The Kier molecular flexibility index (Phi) is 4.11. The molecule has 3 heteroatoms. The number of hydrogen-bond acceptors (Lipinski definition) is 2. The van der Waals surface area contributed by atoms with E-state index in [1.54, 1.807) is 0 Å². The van der Waals surface area contributed by atoms with Crippen LogP contribution in [0.1, 0.15) is 62.9 Å². The van der Waals surface area contributed by atoms with E-state index in [1.165, 1.54) is 24.1 Å². The largest absolute Gasteiger partial charge is 0.345 e. The summed E-state index contributed by atoms with van der Waals surface area (Å²) in [7, 11) is 0. The maximum atomic E-state index is 6.14. The van der Waals surface area contributed by atoms with E-state index in [1.807, 2.05) is 6.07 Å². The molecule has 21 heavy (non-hydrogen) atoms. The van der Waals surface area contributed by atoms with Crippen LogP contribution >= 0.6 is 0 Å². The molecule has 0 radical (unpaired) electrons. The number of hydrogen-bond donors (Lipinski definition) is 2. The first-order valence-corrected chi connectivity index (χ1v) is 8.06. The van der Waals surface area contributed by atoms with Crippen LogP contribution in [-0.2, 0) is 0 Å². The fraction of sp³-hybridized carbons (Fsp3) is 0.500. The third kappa shape index (κ3) is 3.03. The van der Waals surface area contributed by atoms with Gasteiger partial charge in [0.2, 0.25) is 0 Å². The Hall–Kier alpha value is -1.61. The Morgan fingerprint density at radius 3 is 2.62 bits per heavy atom. The Balaban J connectivity index is 1.97. The van der Waals surface area contributed by atoms with Crippen LogP contribution in [0.3, 0.4) is 0 Å². The fourth-order valence-electron chi connectivity index (χ4n) is 3.31. The normalized spacial score (nSPS) is 22.7. The number of benzene rings is 1. The van der Waals surface area contributed by atoms with Crippen LogP contribution in [0.4, 0.5) is 0 Å². The number of nitrogens with zero attached hydrogens (tertiary/aromatic N) is 1. The summed E-state index contributed by atoms with van der Waals surface area (Å²) in [5, 5.41) is 0. The summed E-state index contributed by atoms with van der Waals surface area (Å²) in [6, 6.07) is 10.8. The molecule has 1 saturated carbocycles. The number of rotatable bonds is 3. The highest BCUT2D eigenvalue weighted by molar-refractivity contribution is 5.62. The summed E-state index contributed by atoms with van der Waals surface area (Å²) in [5.74, 6) is 2.06. The van der Waals surface area contributed by atoms with Crippen LogP contribution in [0.15, 0.2) is 30.3 Å². The number of imidazole rings is 1. The molecule has 1 heterocycles. The molecule has 1 aliphatic rings. The highest BCUT2D eigenvalue weighted by Crippen LogP contribution is 2.34. The van der Waals surface area contributed by atoms with Crippen molar-refractivity contribution in [2.24, 2.45) is 5.73 Å². The Morgan fingerprint density at radius 1 is 1.19 bits per heavy atom. The number of nitrogens with two attached hydrogens (primary N) is 1. The first-order valence-electron chi connectivity index (χ1n) is 8.06. The van der Waals surface area contributed by atoms with Gasteiger partial charge in [-0.1, -0.05) is 50.6 Å². The second-order valence-corrected chi connectivity index (χ2v) is 6.53. The van der Waals surface area contributed by atoms with Crippen molar-refractivity contribution in [3.05, 3.63) is 41.9 Å². The predicted molar refractivity (Wildman–Crippen MR) is 87.3 cm³/mol. The van der Waals surface area contributed by atoms with Gasteiger partial charge in [-0.05, 0) is 25.2 Å². The van der Waals surface area contributed by atoms with Gasteiger partial charge < -0.3 is 10.7 Å². The molecule has 0 saturated heterocycles. The smallest absolute Gasteiger partial charge is 0.110 e. The van der Waals surface area contributed by atoms with Gasteiger partial charge in [0, 0.05) is 23.2 Å². The predicted octanol–water partition coefficient (Wildman–Crippen LogP) is 4.19. The van der Waals surface area contributed by atoms with Gasteiger partial charge in [0.05, 0.1) is 5.69 Å². The van der Waals surface area contributed by atoms with E-state index < -0.39 is 0 Å². The van der Waals surface area contributed by atoms with Crippen molar-refractivity contribution in [2.45, 2.75) is 57.4 Å². The van der Waals surface area contributed by atoms with Crippen molar-refractivity contribution in [2.75, 3.05) is 0 Å². The molecular formula is C18H25N3. The molecule has 0 aliphatic heterocycles. The van der Waals surface area contributed by atoms with Crippen molar-refractivity contribution >= 4 is 0 Å². The molecule has 3 rings (SSSR count). The van der Waals surface area contributed by atoms with Gasteiger partial charge in [-0.25, -0.2) is 4.98 Å². The van der Waals surface area contributed by atoms with E-state index >= 15 is 0 Å². The molecule has 0 amide bonds. The lowest BCUT2D eigenvalue weighted by molar-refractivity contribution is 0.383. The lowest BCUT2D eigenvalue weighted by Crippen LogP contribution is -2.27. The lowest BCUT2D eigenvalue weighted by atomic mass is 9.86. The first-order chi connectivity index (χ1) is 10.1. The average Bonchev–Trinajstić information content (AvgIpc) is 2.93. The molecule has 3 nitrogen and oxygen atoms in total. The van der Waals surface area contributed by atoms with E-state index in [9.17, 15) is 0 Å². The monoisotopic (exact) mass is 283 g/mol. The first kappa shape index (κ1) is 14.3. The number of H-pyrrole nitrogens is 1. The quantitative estimate of drug-likeness (QED) is 0.887. The number of aromatic nitrogens is 2. The summed E-state index contributed by atoms with van der Waals surface area (Å²) in [4.78, 5) is 8.55. The third-order valence-electron chi connectivity index (χ3n) is 4.48. The molecule has 2 unspecified atom stereocenters. The molecule has 1 fully saturated rings. The molecule has 2 aromatic rings. The summed E-state index contributed by atoms with van der Waals surface area (Å²) in [6.07, 6.45) is 4.62. The van der Waals surface area contributed by atoms with Crippen LogP contribution in [0, 0.1) is 0 Å². The maximum absolute atomic E-state index is 6.14. The third-order valence-corrected chi connectivity index (χ3v) is 4.48. The van der Waals surface area contributed by atoms with Gasteiger partial charge in [0.15, 0.2) is 0 Å². The fourth-order valence-corrected chi connectivity index (χ4v) is 3.31. The minimum absolute atomic E-state index is 0.330. The van der Waals surface area contributed by atoms with Crippen molar-refractivity contribution in [1.82, 2.24) is 9.97 Å². The van der Waals surface area contributed by atoms with Crippen molar-refractivity contribution in [1.29, 1.82) is 0 Å². The average molecular weight is 283 g/mol. The molecule has 2 atom stereocenters. The molecule has 0 spiro atoms. The Labute approximate surface area is 127 Å². The van der Waals surface area contributed by atoms with Crippen LogP contribution in [-0.4, -0.2) is 16.0 Å². The van der Waals surface area contributed by atoms with Gasteiger partial charge in [-0.3, -0.25) is 0 Å². The summed E-state index contributed by atoms with van der Waals surface area (Å²) < 4.78 is 0. The molecule has 0 bridgehead atoms. The lowest BCUT2D eigenvalue weighted by Gasteiger charge is -2.24.